The van der Waals surface area contributed by atoms with Gasteiger partial charge in [-0.15, -0.1) is 0 Å². The Labute approximate surface area is 176 Å². The number of benzene rings is 1. The van der Waals surface area contributed by atoms with Gasteiger partial charge in [-0.05, 0) is 46.2 Å². The number of hydrogen-bond acceptors (Lipinski definition) is 6. The zero-order valence-electron chi connectivity index (χ0n) is 17.7. The molecule has 1 unspecified atom stereocenters. The summed E-state index contributed by atoms with van der Waals surface area (Å²) in [7, 11) is 0. The van der Waals surface area contributed by atoms with Gasteiger partial charge >= 0.3 is 0 Å². The molecule has 156 valence electrons. The number of anilines is 1. The largest absolute Gasteiger partial charge is 0.492 e. The molecule has 0 spiro atoms. The summed E-state index contributed by atoms with van der Waals surface area (Å²) in [6.45, 7) is 13.4. The van der Waals surface area contributed by atoms with Crippen molar-refractivity contribution < 1.29 is 4.74 Å². The first kappa shape index (κ1) is 20.0. The summed E-state index contributed by atoms with van der Waals surface area (Å²) in [5.41, 5.74) is 11.1. The Morgan fingerprint density at radius 3 is 2.76 bits per heavy atom. The van der Waals surface area contributed by atoms with Crippen molar-refractivity contribution in [1.29, 1.82) is 0 Å². The van der Waals surface area contributed by atoms with Crippen LogP contribution in [0.15, 0.2) is 11.1 Å². The van der Waals surface area contributed by atoms with E-state index < -0.39 is 0 Å². The predicted molar refractivity (Wildman–Crippen MR) is 117 cm³/mol. The minimum atomic E-state index is -0.0756. The zero-order valence-corrected chi connectivity index (χ0v) is 18.5. The van der Waals surface area contributed by atoms with Crippen LogP contribution >= 0.6 is 11.6 Å². The van der Waals surface area contributed by atoms with Crippen LogP contribution in [-0.2, 0) is 6.54 Å². The molecule has 0 saturated carbocycles. The molecule has 1 aromatic carbocycles. The third kappa shape index (κ3) is 3.36. The number of rotatable bonds is 3. The van der Waals surface area contributed by atoms with Crippen LogP contribution in [0.3, 0.4) is 0 Å². The van der Waals surface area contributed by atoms with Crippen LogP contribution in [-0.4, -0.2) is 46.4 Å². The molecule has 1 aromatic heterocycles. The molecule has 0 bridgehead atoms. The number of aryl methyl sites for hydroxylation is 1. The van der Waals surface area contributed by atoms with Crippen molar-refractivity contribution in [2.45, 2.75) is 53.2 Å². The molecule has 3 N–H and O–H groups in total. The van der Waals surface area contributed by atoms with Crippen molar-refractivity contribution in [2.24, 2.45) is 10.7 Å². The van der Waals surface area contributed by atoms with E-state index in [-0.39, 0.29) is 6.04 Å². The third-order valence-corrected chi connectivity index (χ3v) is 6.39. The fourth-order valence-electron chi connectivity index (χ4n) is 4.17. The van der Waals surface area contributed by atoms with Gasteiger partial charge in [0.05, 0.1) is 17.3 Å². The topological polar surface area (TPSA) is 80.7 Å². The predicted octanol–water partition coefficient (Wildman–Crippen LogP) is 3.45. The van der Waals surface area contributed by atoms with Gasteiger partial charge in [0.15, 0.2) is 0 Å². The fraction of sp³-hybridized carbons (Fsp3) is 0.524. The first-order valence-electron chi connectivity index (χ1n) is 10.1. The Morgan fingerprint density at radius 1 is 1.28 bits per heavy atom. The van der Waals surface area contributed by atoms with Crippen molar-refractivity contribution >= 4 is 23.3 Å². The van der Waals surface area contributed by atoms with Gasteiger partial charge in [0.2, 0.25) is 0 Å². The maximum Gasteiger partial charge on any atom is 0.137 e. The van der Waals surface area contributed by atoms with E-state index in [9.17, 15) is 0 Å². The van der Waals surface area contributed by atoms with Gasteiger partial charge in [-0.3, -0.25) is 4.90 Å². The van der Waals surface area contributed by atoms with Gasteiger partial charge in [0.1, 0.15) is 30.7 Å². The second-order valence-corrected chi connectivity index (χ2v) is 8.51. The van der Waals surface area contributed by atoms with Crippen molar-refractivity contribution in [2.75, 3.05) is 25.1 Å². The summed E-state index contributed by atoms with van der Waals surface area (Å²) in [4.78, 5) is 6.71. The molecule has 0 fully saturated rings. The van der Waals surface area contributed by atoms with Crippen LogP contribution in [0, 0.1) is 13.8 Å². The van der Waals surface area contributed by atoms with Crippen LogP contribution in [0.1, 0.15) is 54.8 Å². The highest BCUT2D eigenvalue weighted by Crippen LogP contribution is 2.40. The number of nitrogens with one attached hydrogen (secondary N) is 1. The Bertz CT molecular complexity index is 980. The Kier molecular flexibility index (Phi) is 5.21. The quantitative estimate of drug-likeness (QED) is 0.800. The second kappa shape index (κ2) is 7.54. The van der Waals surface area contributed by atoms with Crippen molar-refractivity contribution in [1.82, 2.24) is 14.7 Å². The Balaban J connectivity index is 1.83. The highest BCUT2D eigenvalue weighted by molar-refractivity contribution is 6.31. The molecule has 3 heterocycles. The van der Waals surface area contributed by atoms with E-state index in [2.05, 4.69) is 42.9 Å². The normalized spacial score (nSPS) is 17.7. The van der Waals surface area contributed by atoms with Gasteiger partial charge in [-0.25, -0.2) is 9.67 Å². The van der Waals surface area contributed by atoms with E-state index >= 15 is 0 Å². The van der Waals surface area contributed by atoms with Crippen LogP contribution in [0.25, 0.3) is 0 Å². The molecule has 0 amide bonds. The first-order valence-corrected chi connectivity index (χ1v) is 10.5. The van der Waals surface area contributed by atoms with E-state index in [1.807, 2.05) is 17.7 Å². The van der Waals surface area contributed by atoms with Gasteiger partial charge in [0.25, 0.3) is 0 Å². The zero-order chi connectivity index (χ0) is 20.9. The number of aromatic nitrogens is 2. The highest BCUT2D eigenvalue weighted by Gasteiger charge is 2.29. The van der Waals surface area contributed by atoms with E-state index in [0.29, 0.717) is 25.2 Å². The van der Waals surface area contributed by atoms with Crippen LogP contribution < -0.4 is 15.8 Å². The molecule has 0 aliphatic carbocycles. The number of halogens is 1. The average molecular weight is 417 g/mol. The molecule has 0 radical (unpaired) electrons. The fourth-order valence-corrected chi connectivity index (χ4v) is 4.40. The molecule has 2 aromatic rings. The molecule has 2 aliphatic rings. The first-order chi connectivity index (χ1) is 13.8. The summed E-state index contributed by atoms with van der Waals surface area (Å²) in [6, 6.07) is 2.39. The number of fused-ring (bicyclic) bond motifs is 2. The minimum Gasteiger partial charge on any atom is -0.492 e. The SMILES string of the molecule is Cc1nn(C(C)c2cc(Cl)c(C)c3c2OCCN(C(C)C)C3)c2c1C(N)=NCN2. The summed E-state index contributed by atoms with van der Waals surface area (Å²) in [5, 5.41) is 8.85. The number of nitrogens with two attached hydrogens (primary N) is 1. The highest BCUT2D eigenvalue weighted by atomic mass is 35.5. The lowest BCUT2D eigenvalue weighted by Gasteiger charge is -2.25. The van der Waals surface area contributed by atoms with Crippen LogP contribution in [0.5, 0.6) is 5.75 Å². The van der Waals surface area contributed by atoms with Crippen molar-refractivity contribution in [3.63, 3.8) is 0 Å². The summed E-state index contributed by atoms with van der Waals surface area (Å²) < 4.78 is 8.27. The Hall–Kier alpha value is -2.25. The molecule has 1 atom stereocenters. The minimum absolute atomic E-state index is 0.0756. The second-order valence-electron chi connectivity index (χ2n) is 8.10. The van der Waals surface area contributed by atoms with E-state index in [1.165, 1.54) is 0 Å². The lowest BCUT2D eigenvalue weighted by atomic mass is 9.98. The number of nitrogens with zero attached hydrogens (tertiary/aromatic N) is 4. The van der Waals surface area contributed by atoms with Crippen molar-refractivity contribution in [3.8, 4) is 5.75 Å². The maximum absolute atomic E-state index is 6.68. The number of aliphatic imine (C=N–C) groups is 1. The molecular formula is C21H29ClN6O. The molecule has 29 heavy (non-hydrogen) atoms. The van der Waals surface area contributed by atoms with Gasteiger partial charge in [0, 0.05) is 35.3 Å². The van der Waals surface area contributed by atoms with E-state index in [1.54, 1.807) is 0 Å². The summed E-state index contributed by atoms with van der Waals surface area (Å²) in [6.07, 6.45) is 0. The van der Waals surface area contributed by atoms with Crippen molar-refractivity contribution in [3.05, 3.63) is 39.0 Å². The standard InChI is InChI=1S/C21H29ClN6O/c1-11(2)27-6-7-29-19-15(8-17(22)12(3)16(19)9-27)14(5)28-21-18(13(4)26-28)20(23)24-10-25-21/h8,11,14,25H,6-7,9-10H2,1-5H3,(H2,23,24). The molecule has 8 heteroatoms. The van der Waals surface area contributed by atoms with Crippen LogP contribution in [0.4, 0.5) is 5.82 Å². The van der Waals surface area contributed by atoms with E-state index in [0.717, 1.165) is 57.6 Å². The molecule has 7 nitrogen and oxygen atoms in total. The van der Waals surface area contributed by atoms with Gasteiger partial charge in [-0.2, -0.15) is 5.10 Å². The summed E-state index contributed by atoms with van der Waals surface area (Å²) in [5.74, 6) is 2.35. The number of hydrogen-bond donors (Lipinski definition) is 2. The van der Waals surface area contributed by atoms with Crippen LogP contribution in [0.2, 0.25) is 5.02 Å². The Morgan fingerprint density at radius 2 is 2.03 bits per heavy atom. The molecule has 4 rings (SSSR count). The smallest absolute Gasteiger partial charge is 0.137 e. The lowest BCUT2D eigenvalue weighted by molar-refractivity contribution is 0.188. The maximum atomic E-state index is 6.68. The number of ether oxygens (including phenoxy) is 1. The number of amidine groups is 1. The monoisotopic (exact) mass is 416 g/mol. The molecule has 2 aliphatic heterocycles. The van der Waals surface area contributed by atoms with Gasteiger partial charge < -0.3 is 15.8 Å². The molecular weight excluding hydrogens is 388 g/mol. The third-order valence-electron chi connectivity index (χ3n) is 6.00. The average Bonchev–Trinajstić information content (AvgIpc) is 2.87. The lowest BCUT2D eigenvalue weighted by Crippen LogP contribution is -2.32. The molecule has 0 saturated heterocycles. The van der Waals surface area contributed by atoms with Gasteiger partial charge in [-0.1, -0.05) is 11.6 Å². The van der Waals surface area contributed by atoms with E-state index in [4.69, 9.17) is 27.2 Å². The summed E-state index contributed by atoms with van der Waals surface area (Å²) >= 11 is 6.68.